The topological polar surface area (TPSA) is 40.5 Å². The zero-order valence-electron chi connectivity index (χ0n) is 8.91. The second-order valence-corrected chi connectivity index (χ2v) is 4.69. The van der Waals surface area contributed by atoms with E-state index >= 15 is 0 Å². The van der Waals surface area contributed by atoms with Gasteiger partial charge in [0, 0.05) is 19.0 Å². The summed E-state index contributed by atoms with van der Waals surface area (Å²) >= 11 is 0. The molecule has 82 valence electrons. The molecule has 2 fully saturated rings. The number of hydrogen-bond donors (Lipinski definition) is 1. The van der Waals surface area contributed by atoms with E-state index in [-0.39, 0.29) is 11.8 Å². The Morgan fingerprint density at radius 3 is 3.00 bits per heavy atom. The average Bonchev–Trinajstić information content (AvgIpc) is 2.26. The van der Waals surface area contributed by atoms with Crippen molar-refractivity contribution in [2.24, 2.45) is 5.92 Å². The fourth-order valence-corrected chi connectivity index (χ4v) is 2.85. The summed E-state index contributed by atoms with van der Waals surface area (Å²) in [5, 5.41) is 10.4. The predicted octanol–water partition coefficient (Wildman–Crippen LogP) is 0.773. The average molecular weight is 207 g/mol. The van der Waals surface area contributed by atoms with Gasteiger partial charge in [0.15, 0.2) is 0 Å². The minimum absolute atomic E-state index is 0.234. The van der Waals surface area contributed by atoms with E-state index in [2.05, 4.69) is 5.92 Å². The summed E-state index contributed by atoms with van der Waals surface area (Å²) in [6.45, 7) is 1.25. The quantitative estimate of drug-likeness (QED) is 0.596. The molecule has 15 heavy (non-hydrogen) atoms. The van der Waals surface area contributed by atoms with Crippen LogP contribution >= 0.6 is 0 Å². The second-order valence-electron chi connectivity index (χ2n) is 4.69. The van der Waals surface area contributed by atoms with Gasteiger partial charge in [-0.3, -0.25) is 4.79 Å². The minimum Gasteiger partial charge on any atom is -0.389 e. The van der Waals surface area contributed by atoms with Crippen molar-refractivity contribution < 1.29 is 9.90 Å². The van der Waals surface area contributed by atoms with Crippen LogP contribution in [-0.4, -0.2) is 34.6 Å². The molecule has 2 rings (SSSR count). The Morgan fingerprint density at radius 2 is 2.27 bits per heavy atom. The number of piperidine rings is 1. The van der Waals surface area contributed by atoms with E-state index in [9.17, 15) is 9.90 Å². The molecule has 1 aliphatic heterocycles. The largest absolute Gasteiger partial charge is 0.389 e. The molecule has 0 aromatic heterocycles. The summed E-state index contributed by atoms with van der Waals surface area (Å²) in [6.07, 6.45) is 9.95. The maximum Gasteiger partial charge on any atom is 0.298 e. The molecule has 0 spiro atoms. The first kappa shape index (κ1) is 10.5. The van der Waals surface area contributed by atoms with Gasteiger partial charge in [0.25, 0.3) is 5.91 Å². The summed E-state index contributed by atoms with van der Waals surface area (Å²) in [7, 11) is 0. The van der Waals surface area contributed by atoms with Crippen LogP contribution in [0.15, 0.2) is 0 Å². The summed E-state index contributed by atoms with van der Waals surface area (Å²) in [4.78, 5) is 13.1. The van der Waals surface area contributed by atoms with Gasteiger partial charge in [0.05, 0.1) is 5.60 Å². The Balaban J connectivity index is 2.05. The van der Waals surface area contributed by atoms with Crippen LogP contribution in [0.25, 0.3) is 0 Å². The summed E-state index contributed by atoms with van der Waals surface area (Å²) in [5.41, 5.74) is -0.524. The van der Waals surface area contributed by atoms with Crippen molar-refractivity contribution in [2.75, 3.05) is 13.1 Å². The van der Waals surface area contributed by atoms with E-state index in [1.54, 1.807) is 4.90 Å². The van der Waals surface area contributed by atoms with Gasteiger partial charge in [-0.25, -0.2) is 0 Å². The lowest BCUT2D eigenvalue weighted by Gasteiger charge is -2.46. The van der Waals surface area contributed by atoms with Gasteiger partial charge in [-0.15, -0.1) is 6.42 Å². The first-order valence-electron chi connectivity index (χ1n) is 5.63. The number of aliphatic hydroxyl groups is 1. The Bertz CT molecular complexity index is 307. The number of carbonyl (C=O) groups is 1. The van der Waals surface area contributed by atoms with Crippen molar-refractivity contribution >= 4 is 5.91 Å². The molecule has 3 nitrogen and oxygen atoms in total. The van der Waals surface area contributed by atoms with Crippen LogP contribution in [0.1, 0.15) is 32.1 Å². The maximum atomic E-state index is 11.4. The van der Waals surface area contributed by atoms with Crippen molar-refractivity contribution in [2.45, 2.75) is 37.7 Å². The first-order chi connectivity index (χ1) is 7.15. The smallest absolute Gasteiger partial charge is 0.298 e. The zero-order valence-corrected chi connectivity index (χ0v) is 8.91. The molecule has 0 aromatic carbocycles. The number of rotatable bonds is 0. The summed E-state index contributed by atoms with van der Waals surface area (Å²) in [6, 6.07) is 0. The van der Waals surface area contributed by atoms with Crippen molar-refractivity contribution in [1.82, 2.24) is 4.90 Å². The molecule has 0 aromatic rings. The standard InChI is InChI=1S/C12H17NO2/c1-2-11(14)13-8-7-12(15)6-4-3-5-10(12)9-13/h1,10,15H,3-9H2. The molecule has 1 aliphatic carbocycles. The van der Waals surface area contributed by atoms with Gasteiger partial charge in [-0.05, 0) is 25.2 Å². The second kappa shape index (κ2) is 3.86. The van der Waals surface area contributed by atoms with E-state index in [4.69, 9.17) is 6.42 Å². The fraction of sp³-hybridized carbons (Fsp3) is 0.750. The molecule has 2 aliphatic rings. The Labute approximate surface area is 90.5 Å². The van der Waals surface area contributed by atoms with E-state index < -0.39 is 5.60 Å². The molecule has 2 unspecified atom stereocenters. The number of nitrogens with zero attached hydrogens (tertiary/aromatic N) is 1. The first-order valence-corrected chi connectivity index (χ1v) is 5.63. The SMILES string of the molecule is C#CC(=O)N1CCC2(O)CCCCC2C1. The molecule has 1 N–H and O–H groups in total. The highest BCUT2D eigenvalue weighted by atomic mass is 16.3. The molecule has 1 saturated carbocycles. The van der Waals surface area contributed by atoms with Gasteiger partial charge in [-0.2, -0.15) is 0 Å². The fourth-order valence-electron chi connectivity index (χ4n) is 2.85. The third-order valence-electron chi connectivity index (χ3n) is 3.84. The Kier molecular flexibility index (Phi) is 2.70. The van der Waals surface area contributed by atoms with E-state index in [1.807, 2.05) is 0 Å². The minimum atomic E-state index is -0.524. The lowest BCUT2D eigenvalue weighted by atomic mass is 9.71. The molecular weight excluding hydrogens is 190 g/mol. The Hall–Kier alpha value is -1.01. The highest BCUT2D eigenvalue weighted by Gasteiger charge is 2.43. The van der Waals surface area contributed by atoms with Crippen molar-refractivity contribution in [3.8, 4) is 12.3 Å². The van der Waals surface area contributed by atoms with Crippen molar-refractivity contribution in [1.29, 1.82) is 0 Å². The third-order valence-corrected chi connectivity index (χ3v) is 3.84. The third kappa shape index (κ3) is 1.87. The van der Waals surface area contributed by atoms with E-state index in [0.29, 0.717) is 19.5 Å². The molecule has 1 heterocycles. The Morgan fingerprint density at radius 1 is 1.47 bits per heavy atom. The van der Waals surface area contributed by atoms with Gasteiger partial charge in [-0.1, -0.05) is 12.8 Å². The molecule has 1 saturated heterocycles. The van der Waals surface area contributed by atoms with Crippen LogP contribution in [0.3, 0.4) is 0 Å². The van der Waals surface area contributed by atoms with Gasteiger partial charge in [0.1, 0.15) is 0 Å². The number of likely N-dealkylation sites (tertiary alicyclic amines) is 1. The normalized spacial score (nSPS) is 35.5. The number of amides is 1. The molecule has 1 amide bonds. The van der Waals surface area contributed by atoms with Crippen LogP contribution in [-0.2, 0) is 4.79 Å². The molecular formula is C12H17NO2. The molecule has 0 bridgehead atoms. The molecule has 2 atom stereocenters. The molecule has 0 radical (unpaired) electrons. The lowest BCUT2D eigenvalue weighted by Crippen LogP contribution is -2.54. The number of hydrogen-bond acceptors (Lipinski definition) is 2. The molecule has 3 heteroatoms. The maximum absolute atomic E-state index is 11.4. The monoisotopic (exact) mass is 207 g/mol. The zero-order chi connectivity index (χ0) is 10.9. The lowest BCUT2D eigenvalue weighted by molar-refractivity contribution is -0.137. The van der Waals surface area contributed by atoms with Crippen molar-refractivity contribution in [3.63, 3.8) is 0 Å². The number of carbonyl (C=O) groups excluding carboxylic acids is 1. The summed E-state index contributed by atoms with van der Waals surface area (Å²) in [5.74, 6) is 2.15. The van der Waals surface area contributed by atoms with E-state index in [1.165, 1.54) is 0 Å². The van der Waals surface area contributed by atoms with Crippen LogP contribution in [0.4, 0.5) is 0 Å². The van der Waals surface area contributed by atoms with Gasteiger partial charge >= 0.3 is 0 Å². The van der Waals surface area contributed by atoms with Crippen LogP contribution in [0.5, 0.6) is 0 Å². The summed E-state index contributed by atoms with van der Waals surface area (Å²) < 4.78 is 0. The number of fused-ring (bicyclic) bond motifs is 1. The predicted molar refractivity (Wildman–Crippen MR) is 56.9 cm³/mol. The highest BCUT2D eigenvalue weighted by Crippen LogP contribution is 2.39. The van der Waals surface area contributed by atoms with Gasteiger partial charge in [0.2, 0.25) is 0 Å². The van der Waals surface area contributed by atoms with Crippen molar-refractivity contribution in [3.05, 3.63) is 0 Å². The highest BCUT2D eigenvalue weighted by molar-refractivity contribution is 5.92. The van der Waals surface area contributed by atoms with E-state index in [0.717, 1.165) is 25.7 Å². The van der Waals surface area contributed by atoms with Gasteiger partial charge < -0.3 is 10.0 Å². The number of terminal acetylenes is 1. The van der Waals surface area contributed by atoms with Crippen LogP contribution in [0, 0.1) is 18.3 Å². The van der Waals surface area contributed by atoms with Crippen LogP contribution < -0.4 is 0 Å². The van der Waals surface area contributed by atoms with Crippen LogP contribution in [0.2, 0.25) is 0 Å².